The molecule has 2 rings (SSSR count). The maximum Gasteiger partial charge on any atom is 0.238 e. The molecule has 1 aromatic carbocycles. The SMILES string of the molecule is COC[C@@H]1CCCN(CC(=O)Nc2ccccc2C(C)=O)C1. The smallest absolute Gasteiger partial charge is 0.238 e. The van der Waals surface area contributed by atoms with Gasteiger partial charge in [0.25, 0.3) is 0 Å². The molecule has 1 saturated heterocycles. The predicted molar refractivity (Wildman–Crippen MR) is 86.1 cm³/mol. The van der Waals surface area contributed by atoms with E-state index in [1.807, 2.05) is 6.07 Å². The molecule has 1 aromatic rings. The van der Waals surface area contributed by atoms with Crippen molar-refractivity contribution >= 4 is 17.4 Å². The van der Waals surface area contributed by atoms with Gasteiger partial charge in [0.05, 0.1) is 18.8 Å². The second-order valence-electron chi connectivity index (χ2n) is 5.85. The number of nitrogens with zero attached hydrogens (tertiary/aromatic N) is 1. The third-order valence-corrected chi connectivity index (χ3v) is 3.95. The molecule has 1 aliphatic rings. The van der Waals surface area contributed by atoms with Crippen LogP contribution in [0.2, 0.25) is 0 Å². The van der Waals surface area contributed by atoms with E-state index in [0.29, 0.717) is 23.7 Å². The van der Waals surface area contributed by atoms with Gasteiger partial charge in [-0.25, -0.2) is 0 Å². The zero-order valence-corrected chi connectivity index (χ0v) is 13.3. The summed E-state index contributed by atoms with van der Waals surface area (Å²) in [7, 11) is 1.71. The highest BCUT2D eigenvalue weighted by molar-refractivity contribution is 6.04. The highest BCUT2D eigenvalue weighted by Gasteiger charge is 2.21. The predicted octanol–water partition coefficient (Wildman–Crippen LogP) is 2.19. The van der Waals surface area contributed by atoms with E-state index in [1.165, 1.54) is 6.92 Å². The topological polar surface area (TPSA) is 58.6 Å². The van der Waals surface area contributed by atoms with Crippen LogP contribution < -0.4 is 5.32 Å². The molecule has 0 spiro atoms. The van der Waals surface area contributed by atoms with E-state index in [1.54, 1.807) is 25.3 Å². The van der Waals surface area contributed by atoms with E-state index in [0.717, 1.165) is 32.5 Å². The third-order valence-electron chi connectivity index (χ3n) is 3.95. The number of rotatable bonds is 6. The number of nitrogens with one attached hydrogen (secondary N) is 1. The van der Waals surface area contributed by atoms with Gasteiger partial charge in [-0.2, -0.15) is 0 Å². The lowest BCUT2D eigenvalue weighted by atomic mass is 9.99. The standard InChI is InChI=1S/C17H24N2O3/c1-13(20)15-7-3-4-8-16(15)18-17(21)11-19-9-5-6-14(10-19)12-22-2/h3-4,7-8,14H,5-6,9-12H2,1-2H3,(H,18,21)/t14-/m1/s1. The van der Waals surface area contributed by atoms with Gasteiger partial charge in [-0.3, -0.25) is 14.5 Å². The van der Waals surface area contributed by atoms with Crippen LogP contribution in [0.3, 0.4) is 0 Å². The van der Waals surface area contributed by atoms with Crippen LogP contribution in [-0.2, 0) is 9.53 Å². The van der Waals surface area contributed by atoms with Gasteiger partial charge in [0, 0.05) is 19.2 Å². The Labute approximate surface area is 131 Å². The molecule has 1 N–H and O–H groups in total. The van der Waals surface area contributed by atoms with Crippen LogP contribution in [0.25, 0.3) is 0 Å². The Morgan fingerprint density at radius 1 is 1.36 bits per heavy atom. The molecule has 0 aliphatic carbocycles. The first-order chi connectivity index (χ1) is 10.6. The van der Waals surface area contributed by atoms with Gasteiger partial charge in [0.15, 0.2) is 5.78 Å². The van der Waals surface area contributed by atoms with E-state index < -0.39 is 0 Å². The summed E-state index contributed by atoms with van der Waals surface area (Å²) in [6, 6.07) is 7.11. The number of Topliss-reactive ketones (excluding diaryl/α,β-unsaturated/α-hetero) is 1. The molecule has 5 heteroatoms. The number of ether oxygens (including phenoxy) is 1. The lowest BCUT2D eigenvalue weighted by molar-refractivity contribution is -0.117. The van der Waals surface area contributed by atoms with Gasteiger partial charge >= 0.3 is 0 Å². The number of hydrogen-bond donors (Lipinski definition) is 1. The van der Waals surface area contributed by atoms with Crippen LogP contribution in [0.15, 0.2) is 24.3 Å². The first-order valence-corrected chi connectivity index (χ1v) is 7.71. The maximum atomic E-state index is 12.2. The monoisotopic (exact) mass is 304 g/mol. The second kappa shape index (κ2) is 8.06. The molecule has 120 valence electrons. The number of methoxy groups -OCH3 is 1. The largest absolute Gasteiger partial charge is 0.384 e. The highest BCUT2D eigenvalue weighted by atomic mass is 16.5. The molecule has 0 aromatic heterocycles. The lowest BCUT2D eigenvalue weighted by Gasteiger charge is -2.31. The molecule has 0 unspecified atom stereocenters. The summed E-state index contributed by atoms with van der Waals surface area (Å²) in [6.45, 7) is 4.42. The molecule has 0 radical (unpaired) electrons. The number of likely N-dealkylation sites (tertiary alicyclic amines) is 1. The molecular weight excluding hydrogens is 280 g/mol. The van der Waals surface area contributed by atoms with Crippen LogP contribution in [0.1, 0.15) is 30.1 Å². The molecule has 1 atom stereocenters. The first kappa shape index (κ1) is 16.6. The van der Waals surface area contributed by atoms with Crippen molar-refractivity contribution in [2.75, 3.05) is 38.7 Å². The minimum atomic E-state index is -0.0771. The Morgan fingerprint density at radius 2 is 2.14 bits per heavy atom. The summed E-state index contributed by atoms with van der Waals surface area (Å²) >= 11 is 0. The van der Waals surface area contributed by atoms with Crippen LogP contribution in [0, 0.1) is 5.92 Å². The molecule has 1 aliphatic heterocycles. The molecule has 5 nitrogen and oxygen atoms in total. The average Bonchev–Trinajstić information content (AvgIpc) is 2.48. The summed E-state index contributed by atoms with van der Waals surface area (Å²) in [6.07, 6.45) is 2.24. The fourth-order valence-corrected chi connectivity index (χ4v) is 2.96. The summed E-state index contributed by atoms with van der Waals surface area (Å²) < 4.78 is 5.21. The number of hydrogen-bond acceptors (Lipinski definition) is 4. The summed E-state index contributed by atoms with van der Waals surface area (Å²) in [5.74, 6) is 0.372. The van der Waals surface area contributed by atoms with Crippen molar-refractivity contribution in [3.8, 4) is 0 Å². The van der Waals surface area contributed by atoms with E-state index in [-0.39, 0.29) is 11.7 Å². The van der Waals surface area contributed by atoms with Crippen LogP contribution in [-0.4, -0.2) is 49.9 Å². The number of para-hydroxylation sites is 1. The molecule has 1 fully saturated rings. The number of carbonyl (C=O) groups excluding carboxylic acids is 2. The van der Waals surface area contributed by atoms with Crippen LogP contribution >= 0.6 is 0 Å². The lowest BCUT2D eigenvalue weighted by Crippen LogP contribution is -2.41. The van der Waals surface area contributed by atoms with Gasteiger partial charge < -0.3 is 10.1 Å². The minimum absolute atomic E-state index is 0.0472. The van der Waals surface area contributed by atoms with Gasteiger partial charge in [-0.05, 0) is 44.4 Å². The quantitative estimate of drug-likeness (QED) is 0.819. The Morgan fingerprint density at radius 3 is 2.86 bits per heavy atom. The summed E-state index contributed by atoms with van der Waals surface area (Å²) in [5, 5.41) is 2.85. The van der Waals surface area contributed by atoms with Crippen molar-refractivity contribution in [3.63, 3.8) is 0 Å². The number of benzene rings is 1. The van der Waals surface area contributed by atoms with Crippen molar-refractivity contribution in [1.29, 1.82) is 0 Å². The van der Waals surface area contributed by atoms with Crippen molar-refractivity contribution < 1.29 is 14.3 Å². The first-order valence-electron chi connectivity index (χ1n) is 7.71. The van der Waals surface area contributed by atoms with E-state index in [4.69, 9.17) is 4.74 Å². The second-order valence-corrected chi connectivity index (χ2v) is 5.85. The molecule has 0 bridgehead atoms. The van der Waals surface area contributed by atoms with Crippen molar-refractivity contribution in [2.24, 2.45) is 5.92 Å². The Kier molecular flexibility index (Phi) is 6.10. The molecule has 0 saturated carbocycles. The Hall–Kier alpha value is -1.72. The van der Waals surface area contributed by atoms with E-state index in [2.05, 4.69) is 10.2 Å². The highest BCUT2D eigenvalue weighted by Crippen LogP contribution is 2.18. The summed E-state index contributed by atoms with van der Waals surface area (Å²) in [5.41, 5.74) is 1.14. The minimum Gasteiger partial charge on any atom is -0.384 e. The number of amides is 1. The molecule has 22 heavy (non-hydrogen) atoms. The molecular formula is C17H24N2O3. The average molecular weight is 304 g/mol. The van der Waals surface area contributed by atoms with E-state index >= 15 is 0 Å². The number of carbonyl (C=O) groups is 2. The number of piperidine rings is 1. The maximum absolute atomic E-state index is 12.2. The van der Waals surface area contributed by atoms with Gasteiger partial charge in [-0.15, -0.1) is 0 Å². The van der Waals surface area contributed by atoms with Gasteiger partial charge in [0.2, 0.25) is 5.91 Å². The van der Waals surface area contributed by atoms with Gasteiger partial charge in [0.1, 0.15) is 0 Å². The van der Waals surface area contributed by atoms with E-state index in [9.17, 15) is 9.59 Å². The number of anilines is 1. The third kappa shape index (κ3) is 4.64. The van der Waals surface area contributed by atoms with Crippen molar-refractivity contribution in [3.05, 3.63) is 29.8 Å². The zero-order valence-electron chi connectivity index (χ0n) is 13.3. The Balaban J connectivity index is 1.92. The fraction of sp³-hybridized carbons (Fsp3) is 0.529. The van der Waals surface area contributed by atoms with Gasteiger partial charge in [-0.1, -0.05) is 12.1 Å². The molecule has 1 heterocycles. The Bertz CT molecular complexity index is 528. The summed E-state index contributed by atoms with van der Waals surface area (Å²) in [4.78, 5) is 26.0. The van der Waals surface area contributed by atoms with Crippen molar-refractivity contribution in [1.82, 2.24) is 4.90 Å². The number of ketones is 1. The van der Waals surface area contributed by atoms with Crippen molar-refractivity contribution in [2.45, 2.75) is 19.8 Å². The van der Waals surface area contributed by atoms with Crippen LogP contribution in [0.5, 0.6) is 0 Å². The molecule has 1 amide bonds. The fourth-order valence-electron chi connectivity index (χ4n) is 2.96. The normalized spacial score (nSPS) is 18.9. The zero-order chi connectivity index (χ0) is 15.9. The van der Waals surface area contributed by atoms with Crippen LogP contribution in [0.4, 0.5) is 5.69 Å².